The zero-order chi connectivity index (χ0) is 19.0. The van der Waals surface area contributed by atoms with Crippen LogP contribution in [0.3, 0.4) is 0 Å². The van der Waals surface area contributed by atoms with E-state index in [0.717, 1.165) is 22.5 Å². The van der Waals surface area contributed by atoms with Gasteiger partial charge < -0.3 is 5.11 Å². The molecule has 0 aliphatic rings. The molecule has 2 aromatic heterocycles. The van der Waals surface area contributed by atoms with E-state index >= 15 is 0 Å². The molecule has 1 N–H and O–H groups in total. The molecule has 6 nitrogen and oxygen atoms in total. The van der Waals surface area contributed by atoms with Gasteiger partial charge >= 0.3 is 0 Å². The molecular weight excluding hydrogens is 384 g/mol. The first-order valence-corrected chi connectivity index (χ1v) is 9.19. The summed E-state index contributed by atoms with van der Waals surface area (Å²) in [6.45, 7) is 0. The zero-order valence-electron chi connectivity index (χ0n) is 14.1. The van der Waals surface area contributed by atoms with E-state index in [9.17, 15) is 9.90 Å². The summed E-state index contributed by atoms with van der Waals surface area (Å²) in [5.74, 6) is 0.686. The van der Waals surface area contributed by atoms with Gasteiger partial charge in [-0.3, -0.25) is 4.79 Å². The third-order valence-corrected chi connectivity index (χ3v) is 5.10. The molecule has 0 saturated heterocycles. The molecular formula is C19H13ClN4O2S. The lowest BCUT2D eigenvalue weighted by atomic mass is 10.2. The number of aryl methyl sites for hydroxylation is 1. The SMILES string of the molecule is Cn1nc(-c2ccc(Cl)cc2)nc1-c1c(O)sc(-c2ccccc2)nc1=O. The van der Waals surface area contributed by atoms with Gasteiger partial charge in [0.05, 0.1) is 0 Å². The molecule has 0 amide bonds. The van der Waals surface area contributed by atoms with Crippen LogP contribution in [0, 0.1) is 0 Å². The Morgan fingerprint density at radius 3 is 2.37 bits per heavy atom. The van der Waals surface area contributed by atoms with Crippen LogP contribution in [0.15, 0.2) is 59.4 Å². The molecule has 0 unspecified atom stereocenters. The number of aromatic hydroxyl groups is 1. The maximum Gasteiger partial charge on any atom is 0.286 e. The Labute approximate surface area is 163 Å². The van der Waals surface area contributed by atoms with Crippen LogP contribution in [0.5, 0.6) is 5.06 Å². The van der Waals surface area contributed by atoms with Crippen LogP contribution in [0.2, 0.25) is 5.02 Å². The van der Waals surface area contributed by atoms with E-state index in [1.54, 1.807) is 31.3 Å². The number of benzene rings is 2. The fraction of sp³-hybridized carbons (Fsp3) is 0.0526. The lowest BCUT2D eigenvalue weighted by Crippen LogP contribution is -2.11. The van der Waals surface area contributed by atoms with Gasteiger partial charge in [0.25, 0.3) is 5.56 Å². The highest BCUT2D eigenvalue weighted by Crippen LogP contribution is 2.34. The molecule has 0 atom stereocenters. The van der Waals surface area contributed by atoms with Crippen LogP contribution < -0.4 is 5.56 Å². The molecule has 2 aromatic carbocycles. The molecule has 4 rings (SSSR count). The van der Waals surface area contributed by atoms with E-state index in [1.807, 2.05) is 30.3 Å². The minimum absolute atomic E-state index is 0.0369. The molecule has 134 valence electrons. The van der Waals surface area contributed by atoms with Gasteiger partial charge in [-0.1, -0.05) is 53.3 Å². The highest BCUT2D eigenvalue weighted by molar-refractivity contribution is 7.16. The van der Waals surface area contributed by atoms with E-state index in [1.165, 1.54) is 4.68 Å². The standard InChI is InChI=1S/C19H13ClN4O2S/c1-24-16(21-15(23-24)11-7-9-13(20)10-8-11)14-17(25)22-18(27-19(14)26)12-5-3-2-4-6-12/h2-10,26H,1H3. The number of rotatable bonds is 3. The van der Waals surface area contributed by atoms with Crippen molar-refractivity contribution in [1.82, 2.24) is 19.7 Å². The zero-order valence-corrected chi connectivity index (χ0v) is 15.7. The summed E-state index contributed by atoms with van der Waals surface area (Å²) in [4.78, 5) is 21.2. The van der Waals surface area contributed by atoms with Gasteiger partial charge in [0, 0.05) is 23.2 Å². The third-order valence-electron chi connectivity index (χ3n) is 3.93. The van der Waals surface area contributed by atoms with Gasteiger partial charge in [0.2, 0.25) is 0 Å². The summed E-state index contributed by atoms with van der Waals surface area (Å²) in [7, 11) is 1.66. The molecule has 2 heterocycles. The molecule has 0 fully saturated rings. The first-order valence-electron chi connectivity index (χ1n) is 8.00. The second kappa shape index (κ2) is 6.94. The molecule has 0 spiro atoms. The summed E-state index contributed by atoms with van der Waals surface area (Å²) < 4.78 is 1.46. The Kier molecular flexibility index (Phi) is 4.47. The number of nitrogens with zero attached hydrogens (tertiary/aromatic N) is 4. The van der Waals surface area contributed by atoms with Crippen LogP contribution in [0.4, 0.5) is 0 Å². The van der Waals surface area contributed by atoms with Crippen molar-refractivity contribution in [3.05, 3.63) is 70.0 Å². The van der Waals surface area contributed by atoms with Crippen LogP contribution in [0.1, 0.15) is 0 Å². The fourth-order valence-corrected chi connectivity index (χ4v) is 3.60. The lowest BCUT2D eigenvalue weighted by Gasteiger charge is -2.04. The molecule has 0 aliphatic heterocycles. The average Bonchev–Trinajstić information content (AvgIpc) is 3.04. The van der Waals surface area contributed by atoms with E-state index in [0.29, 0.717) is 15.9 Å². The number of halogens is 1. The van der Waals surface area contributed by atoms with Crippen molar-refractivity contribution in [2.75, 3.05) is 0 Å². The molecule has 0 saturated carbocycles. The first-order chi connectivity index (χ1) is 13.0. The van der Waals surface area contributed by atoms with Gasteiger partial charge in [0.1, 0.15) is 10.6 Å². The molecule has 0 bridgehead atoms. The minimum atomic E-state index is -0.553. The monoisotopic (exact) mass is 396 g/mol. The largest absolute Gasteiger partial charge is 0.499 e. The van der Waals surface area contributed by atoms with Crippen LogP contribution in [-0.4, -0.2) is 24.9 Å². The van der Waals surface area contributed by atoms with Crippen LogP contribution >= 0.6 is 22.9 Å². The summed E-state index contributed by atoms with van der Waals surface area (Å²) in [5.41, 5.74) is 1.00. The second-order valence-electron chi connectivity index (χ2n) is 5.76. The van der Waals surface area contributed by atoms with Crippen LogP contribution in [0.25, 0.3) is 33.3 Å². The smallest absolute Gasteiger partial charge is 0.286 e. The van der Waals surface area contributed by atoms with Crippen molar-refractivity contribution in [2.24, 2.45) is 7.05 Å². The lowest BCUT2D eigenvalue weighted by molar-refractivity contribution is 0.490. The Morgan fingerprint density at radius 2 is 1.70 bits per heavy atom. The van der Waals surface area contributed by atoms with Crippen molar-refractivity contribution < 1.29 is 5.11 Å². The molecule has 0 radical (unpaired) electrons. The van der Waals surface area contributed by atoms with Gasteiger partial charge in [-0.05, 0) is 24.3 Å². The van der Waals surface area contributed by atoms with E-state index in [-0.39, 0.29) is 16.5 Å². The predicted molar refractivity (Wildman–Crippen MR) is 106 cm³/mol. The van der Waals surface area contributed by atoms with E-state index < -0.39 is 5.56 Å². The third kappa shape index (κ3) is 3.34. The Balaban J connectivity index is 1.80. The summed E-state index contributed by atoms with van der Waals surface area (Å²) >= 11 is 6.94. The Bertz CT molecular complexity index is 1170. The predicted octanol–water partition coefficient (Wildman–Crippen LogP) is 3.99. The van der Waals surface area contributed by atoms with Gasteiger partial charge in [-0.25, -0.2) is 9.67 Å². The number of hydrogen-bond acceptors (Lipinski definition) is 6. The Morgan fingerprint density at radius 1 is 1.00 bits per heavy atom. The highest BCUT2D eigenvalue weighted by atomic mass is 35.5. The maximum atomic E-state index is 12.6. The van der Waals surface area contributed by atoms with Gasteiger partial charge in [0.15, 0.2) is 16.7 Å². The topological polar surface area (TPSA) is 80.9 Å². The second-order valence-corrected chi connectivity index (χ2v) is 7.17. The molecule has 8 heteroatoms. The van der Waals surface area contributed by atoms with E-state index in [4.69, 9.17) is 11.6 Å². The minimum Gasteiger partial charge on any atom is -0.499 e. The summed E-state index contributed by atoms with van der Waals surface area (Å²) in [6.07, 6.45) is 0. The van der Waals surface area contributed by atoms with Crippen LogP contribution in [-0.2, 0) is 7.05 Å². The first kappa shape index (κ1) is 17.4. The van der Waals surface area contributed by atoms with Crippen molar-refractivity contribution >= 4 is 22.9 Å². The highest BCUT2D eigenvalue weighted by Gasteiger charge is 2.20. The quantitative estimate of drug-likeness (QED) is 0.566. The van der Waals surface area contributed by atoms with Gasteiger partial charge in [-0.15, -0.1) is 0 Å². The fourth-order valence-electron chi connectivity index (χ4n) is 2.62. The van der Waals surface area contributed by atoms with Crippen molar-refractivity contribution in [3.8, 4) is 38.4 Å². The molecule has 27 heavy (non-hydrogen) atoms. The van der Waals surface area contributed by atoms with Crippen molar-refractivity contribution in [1.29, 1.82) is 0 Å². The normalized spacial score (nSPS) is 10.9. The number of aromatic nitrogens is 4. The molecule has 0 aliphatic carbocycles. The summed E-state index contributed by atoms with van der Waals surface area (Å²) in [6, 6.07) is 16.3. The average molecular weight is 397 g/mol. The molecule has 4 aromatic rings. The maximum absolute atomic E-state index is 12.6. The van der Waals surface area contributed by atoms with Crippen molar-refractivity contribution in [3.63, 3.8) is 0 Å². The summed E-state index contributed by atoms with van der Waals surface area (Å²) in [5, 5.41) is 15.8. The Hall–Kier alpha value is -3.03. The van der Waals surface area contributed by atoms with Gasteiger partial charge in [-0.2, -0.15) is 10.1 Å². The van der Waals surface area contributed by atoms with E-state index in [2.05, 4.69) is 15.1 Å². The number of hydrogen-bond donors (Lipinski definition) is 1. The van der Waals surface area contributed by atoms with Crippen molar-refractivity contribution in [2.45, 2.75) is 0 Å².